The van der Waals surface area contributed by atoms with Crippen molar-refractivity contribution in [3.63, 3.8) is 0 Å². The van der Waals surface area contributed by atoms with Gasteiger partial charge in [-0.1, -0.05) is 0 Å². The Hall–Kier alpha value is -1.37. The Bertz CT molecular complexity index is 505. The number of pyridine rings is 1. The molecule has 1 N–H and O–H groups in total. The van der Waals surface area contributed by atoms with E-state index in [1.807, 2.05) is 0 Å². The zero-order valence-electron chi connectivity index (χ0n) is 11.5. The maximum Gasteiger partial charge on any atom is 0.417 e. The van der Waals surface area contributed by atoms with E-state index >= 15 is 0 Å². The Morgan fingerprint density at radius 1 is 1.10 bits per heavy atom. The van der Waals surface area contributed by atoms with Crippen molar-refractivity contribution in [3.05, 3.63) is 23.6 Å². The molecule has 0 amide bonds. The van der Waals surface area contributed by atoms with Crippen LogP contribution in [0.4, 0.5) is 23.4 Å². The molecule has 116 valence electrons. The number of hydrogen-bond donors (Lipinski definition) is 1. The summed E-state index contributed by atoms with van der Waals surface area (Å²) in [7, 11) is 0. The maximum absolute atomic E-state index is 13.9. The SMILES string of the molecule is Fc1cc(C(F)(F)F)cnc1N1CCC(NC2CC2)CC1. The molecule has 0 spiro atoms. The minimum Gasteiger partial charge on any atom is -0.354 e. The maximum atomic E-state index is 13.9. The molecule has 21 heavy (non-hydrogen) atoms. The molecule has 2 fully saturated rings. The average Bonchev–Trinajstić information content (AvgIpc) is 3.23. The molecule has 3 nitrogen and oxygen atoms in total. The molecule has 0 radical (unpaired) electrons. The second-order valence-electron chi connectivity index (χ2n) is 5.73. The van der Waals surface area contributed by atoms with Gasteiger partial charge < -0.3 is 10.2 Å². The Balaban J connectivity index is 1.64. The summed E-state index contributed by atoms with van der Waals surface area (Å²) >= 11 is 0. The fraction of sp³-hybridized carbons (Fsp3) is 0.643. The van der Waals surface area contributed by atoms with Crippen LogP contribution < -0.4 is 10.2 Å². The molecular weight excluding hydrogens is 286 g/mol. The van der Waals surface area contributed by atoms with E-state index < -0.39 is 17.6 Å². The van der Waals surface area contributed by atoms with Gasteiger partial charge >= 0.3 is 6.18 Å². The molecule has 0 aromatic carbocycles. The molecule has 7 heteroatoms. The van der Waals surface area contributed by atoms with Crippen molar-refractivity contribution in [2.45, 2.75) is 43.9 Å². The molecule has 1 aliphatic heterocycles. The highest BCUT2D eigenvalue weighted by Gasteiger charge is 2.33. The summed E-state index contributed by atoms with van der Waals surface area (Å²) in [5.74, 6) is -0.883. The molecule has 0 unspecified atom stereocenters. The number of anilines is 1. The first-order chi connectivity index (χ1) is 9.93. The lowest BCUT2D eigenvalue weighted by Crippen LogP contribution is -2.43. The van der Waals surface area contributed by atoms with Gasteiger partial charge in [0.2, 0.25) is 0 Å². The van der Waals surface area contributed by atoms with E-state index in [-0.39, 0.29) is 5.82 Å². The third kappa shape index (κ3) is 3.45. The first-order valence-electron chi connectivity index (χ1n) is 7.17. The van der Waals surface area contributed by atoms with Gasteiger partial charge in [-0.3, -0.25) is 0 Å². The number of nitrogens with one attached hydrogen (secondary N) is 1. The zero-order valence-corrected chi connectivity index (χ0v) is 11.5. The monoisotopic (exact) mass is 303 g/mol. The third-order valence-electron chi connectivity index (χ3n) is 3.99. The first-order valence-corrected chi connectivity index (χ1v) is 7.17. The zero-order chi connectivity index (χ0) is 15.0. The van der Waals surface area contributed by atoms with Crippen molar-refractivity contribution in [2.75, 3.05) is 18.0 Å². The number of nitrogens with zero attached hydrogens (tertiary/aromatic N) is 2. The lowest BCUT2D eigenvalue weighted by Gasteiger charge is -2.33. The van der Waals surface area contributed by atoms with Crippen LogP contribution in [-0.4, -0.2) is 30.2 Å². The Labute approximate surface area is 120 Å². The highest BCUT2D eigenvalue weighted by Crippen LogP contribution is 2.31. The molecule has 2 aliphatic rings. The summed E-state index contributed by atoms with van der Waals surface area (Å²) in [5.41, 5.74) is -1.05. The summed E-state index contributed by atoms with van der Waals surface area (Å²) < 4.78 is 51.3. The Kier molecular flexibility index (Phi) is 3.77. The van der Waals surface area contributed by atoms with Crippen molar-refractivity contribution in [1.29, 1.82) is 0 Å². The summed E-state index contributed by atoms with van der Waals surface area (Å²) in [5, 5.41) is 3.52. The highest BCUT2D eigenvalue weighted by molar-refractivity contribution is 5.42. The van der Waals surface area contributed by atoms with Crippen molar-refractivity contribution >= 4 is 5.82 Å². The van der Waals surface area contributed by atoms with Gasteiger partial charge in [0.25, 0.3) is 0 Å². The van der Waals surface area contributed by atoms with E-state index in [9.17, 15) is 17.6 Å². The second-order valence-corrected chi connectivity index (χ2v) is 5.73. The predicted molar refractivity (Wildman–Crippen MR) is 70.6 cm³/mol. The lowest BCUT2D eigenvalue weighted by molar-refractivity contribution is -0.138. The molecule has 3 rings (SSSR count). The van der Waals surface area contributed by atoms with Crippen molar-refractivity contribution in [1.82, 2.24) is 10.3 Å². The van der Waals surface area contributed by atoms with Gasteiger partial charge in [-0.05, 0) is 31.7 Å². The van der Waals surface area contributed by atoms with Crippen molar-refractivity contribution < 1.29 is 17.6 Å². The molecule has 1 aromatic heterocycles. The number of halogens is 4. The van der Waals surface area contributed by atoms with E-state index in [1.165, 1.54) is 12.8 Å². The molecule has 1 aliphatic carbocycles. The Morgan fingerprint density at radius 2 is 1.71 bits per heavy atom. The fourth-order valence-corrected chi connectivity index (χ4v) is 2.66. The third-order valence-corrected chi connectivity index (χ3v) is 3.99. The van der Waals surface area contributed by atoms with Crippen LogP contribution in [0.2, 0.25) is 0 Å². The van der Waals surface area contributed by atoms with Crippen molar-refractivity contribution in [3.8, 4) is 0 Å². The fourth-order valence-electron chi connectivity index (χ4n) is 2.66. The quantitative estimate of drug-likeness (QED) is 0.870. The topological polar surface area (TPSA) is 28.2 Å². The average molecular weight is 303 g/mol. The van der Waals surface area contributed by atoms with Crippen LogP contribution in [0.3, 0.4) is 0 Å². The number of aromatic nitrogens is 1. The summed E-state index contributed by atoms with van der Waals surface area (Å²) in [6.07, 6.45) is 0.294. The van der Waals surface area contributed by atoms with Crippen LogP contribution in [-0.2, 0) is 6.18 Å². The number of rotatable bonds is 3. The van der Waals surface area contributed by atoms with E-state index in [1.54, 1.807) is 4.90 Å². The summed E-state index contributed by atoms with van der Waals surface area (Å²) in [6, 6.07) is 1.57. The van der Waals surface area contributed by atoms with Crippen LogP contribution in [0, 0.1) is 5.82 Å². The molecule has 1 saturated heterocycles. The Morgan fingerprint density at radius 3 is 2.24 bits per heavy atom. The summed E-state index contributed by atoms with van der Waals surface area (Å²) in [4.78, 5) is 5.40. The van der Waals surface area contributed by atoms with Gasteiger partial charge in [-0.2, -0.15) is 13.2 Å². The molecular formula is C14H17F4N3. The number of alkyl halides is 3. The van der Waals surface area contributed by atoms with E-state index in [0.717, 1.165) is 12.8 Å². The van der Waals surface area contributed by atoms with Crippen LogP contribution >= 0.6 is 0 Å². The number of piperidine rings is 1. The molecule has 0 bridgehead atoms. The van der Waals surface area contributed by atoms with Gasteiger partial charge in [0.1, 0.15) is 0 Å². The first kappa shape index (κ1) is 14.6. The highest BCUT2D eigenvalue weighted by atomic mass is 19.4. The smallest absolute Gasteiger partial charge is 0.354 e. The predicted octanol–water partition coefficient (Wildman–Crippen LogP) is 2.96. The van der Waals surface area contributed by atoms with Gasteiger partial charge in [0, 0.05) is 31.4 Å². The normalized spacial score (nSPS) is 20.9. The van der Waals surface area contributed by atoms with Gasteiger partial charge in [-0.25, -0.2) is 9.37 Å². The lowest BCUT2D eigenvalue weighted by atomic mass is 10.0. The van der Waals surface area contributed by atoms with Gasteiger partial charge in [-0.15, -0.1) is 0 Å². The van der Waals surface area contributed by atoms with Crippen LogP contribution in [0.25, 0.3) is 0 Å². The largest absolute Gasteiger partial charge is 0.417 e. The van der Waals surface area contributed by atoms with E-state index in [4.69, 9.17) is 0 Å². The van der Waals surface area contributed by atoms with Crippen LogP contribution in [0.15, 0.2) is 12.3 Å². The van der Waals surface area contributed by atoms with E-state index in [2.05, 4.69) is 10.3 Å². The molecule has 1 saturated carbocycles. The minimum atomic E-state index is -4.56. The number of hydrogen-bond acceptors (Lipinski definition) is 3. The van der Waals surface area contributed by atoms with Crippen molar-refractivity contribution in [2.24, 2.45) is 0 Å². The molecule has 1 aromatic rings. The van der Waals surface area contributed by atoms with Crippen LogP contribution in [0.5, 0.6) is 0 Å². The van der Waals surface area contributed by atoms with Crippen LogP contribution in [0.1, 0.15) is 31.2 Å². The molecule has 2 heterocycles. The van der Waals surface area contributed by atoms with Gasteiger partial charge in [0.15, 0.2) is 11.6 Å². The second kappa shape index (κ2) is 5.44. The summed E-state index contributed by atoms with van der Waals surface area (Å²) in [6.45, 7) is 1.22. The van der Waals surface area contributed by atoms with Gasteiger partial charge in [0.05, 0.1) is 5.56 Å². The minimum absolute atomic E-state index is 0.0212. The standard InChI is InChI=1S/C14H17F4N3/c15-12-7-9(14(16,17)18)8-19-13(12)21-5-3-11(4-6-21)20-10-1-2-10/h7-8,10-11,20H,1-6H2. The van der Waals surface area contributed by atoms with E-state index in [0.29, 0.717) is 37.4 Å². The molecule has 0 atom stereocenters.